The van der Waals surface area contributed by atoms with Crippen LogP contribution in [-0.4, -0.2) is 30.8 Å². The van der Waals surface area contributed by atoms with Crippen molar-refractivity contribution in [3.8, 4) is 0 Å². The van der Waals surface area contributed by atoms with Crippen molar-refractivity contribution in [2.24, 2.45) is 46.3 Å². The molecule has 5 nitrogen and oxygen atoms in total. The standard InChI is InChI=1S/C24H42O5S.K/c1-16(5-4-14-29-30(26,27)28)20-8-9-21-19-7-6-17-15-18(25)10-12-23(17,2)22(19)11-13-24(20,21)3;/h16-22,25H,4-15H2,1-3H3,(H,26,27,28);/q;+1/p-1/t16-,17-,18-,19+,20-,21+,22+,23+,24-;/m1./s1. The Bertz CT molecular complexity index is 729. The van der Waals surface area contributed by atoms with Gasteiger partial charge in [-0.1, -0.05) is 20.8 Å². The van der Waals surface area contributed by atoms with Crippen molar-refractivity contribution >= 4 is 10.4 Å². The van der Waals surface area contributed by atoms with Crippen LogP contribution < -0.4 is 51.4 Å². The van der Waals surface area contributed by atoms with Crippen LogP contribution in [0.3, 0.4) is 0 Å². The second-order valence-electron chi connectivity index (χ2n) is 11.7. The molecule has 0 heterocycles. The van der Waals surface area contributed by atoms with Crippen LogP contribution in [0, 0.1) is 46.3 Å². The van der Waals surface area contributed by atoms with Crippen LogP contribution >= 0.6 is 0 Å². The second kappa shape index (κ2) is 10.2. The minimum Gasteiger partial charge on any atom is -0.726 e. The van der Waals surface area contributed by atoms with Gasteiger partial charge in [0.2, 0.25) is 10.4 Å². The molecule has 0 radical (unpaired) electrons. The van der Waals surface area contributed by atoms with Gasteiger partial charge < -0.3 is 9.66 Å². The molecule has 7 heteroatoms. The van der Waals surface area contributed by atoms with E-state index >= 15 is 0 Å². The van der Waals surface area contributed by atoms with Crippen LogP contribution in [0.4, 0.5) is 0 Å². The Morgan fingerprint density at radius 3 is 2.42 bits per heavy atom. The van der Waals surface area contributed by atoms with Gasteiger partial charge in [-0.2, -0.15) is 0 Å². The van der Waals surface area contributed by atoms with Crippen molar-refractivity contribution in [3.63, 3.8) is 0 Å². The van der Waals surface area contributed by atoms with Gasteiger partial charge >= 0.3 is 51.4 Å². The minimum absolute atomic E-state index is 0. The third-order valence-electron chi connectivity index (χ3n) is 10.4. The van der Waals surface area contributed by atoms with Gasteiger partial charge in [0.05, 0.1) is 12.7 Å². The molecule has 4 saturated carbocycles. The van der Waals surface area contributed by atoms with Gasteiger partial charge in [-0.05, 0) is 117 Å². The first-order chi connectivity index (χ1) is 14.0. The van der Waals surface area contributed by atoms with E-state index in [0.29, 0.717) is 35.0 Å². The summed E-state index contributed by atoms with van der Waals surface area (Å²) in [7, 11) is -4.57. The van der Waals surface area contributed by atoms with E-state index < -0.39 is 10.4 Å². The molecule has 1 N–H and O–H groups in total. The molecule has 4 rings (SSSR count). The van der Waals surface area contributed by atoms with Crippen molar-refractivity contribution in [2.75, 3.05) is 6.61 Å². The predicted octanol–water partition coefficient (Wildman–Crippen LogP) is 1.90. The van der Waals surface area contributed by atoms with E-state index in [0.717, 1.165) is 37.0 Å². The molecule has 9 atom stereocenters. The van der Waals surface area contributed by atoms with Crippen LogP contribution in [0.2, 0.25) is 0 Å². The molecule has 0 amide bonds. The van der Waals surface area contributed by atoms with Gasteiger partial charge in [0.1, 0.15) is 0 Å². The molecular weight excluding hydrogens is 439 g/mol. The number of rotatable bonds is 6. The Balaban J connectivity index is 0.00000272. The molecule has 0 saturated heterocycles. The fourth-order valence-electron chi connectivity index (χ4n) is 8.98. The average molecular weight is 481 g/mol. The average Bonchev–Trinajstić information content (AvgIpc) is 3.02. The third-order valence-corrected chi connectivity index (χ3v) is 10.9. The summed E-state index contributed by atoms with van der Waals surface area (Å²) in [4.78, 5) is 0. The first-order valence-electron chi connectivity index (χ1n) is 12.3. The van der Waals surface area contributed by atoms with E-state index in [2.05, 4.69) is 25.0 Å². The van der Waals surface area contributed by atoms with Crippen LogP contribution in [0.1, 0.15) is 91.4 Å². The van der Waals surface area contributed by atoms with Crippen molar-refractivity contribution in [1.82, 2.24) is 0 Å². The smallest absolute Gasteiger partial charge is 0.726 e. The van der Waals surface area contributed by atoms with Gasteiger partial charge in [0.15, 0.2) is 0 Å². The van der Waals surface area contributed by atoms with Crippen molar-refractivity contribution < 1.29 is 73.6 Å². The Morgan fingerprint density at radius 1 is 1.03 bits per heavy atom. The van der Waals surface area contributed by atoms with Crippen LogP contribution in [-0.2, 0) is 14.6 Å². The second-order valence-corrected chi connectivity index (χ2v) is 12.7. The van der Waals surface area contributed by atoms with Crippen molar-refractivity contribution in [1.29, 1.82) is 0 Å². The van der Waals surface area contributed by atoms with E-state index in [9.17, 15) is 18.1 Å². The van der Waals surface area contributed by atoms with Gasteiger partial charge in [0, 0.05) is 0 Å². The Morgan fingerprint density at radius 2 is 1.71 bits per heavy atom. The molecular formula is C24H41KO5S. The quantitative estimate of drug-likeness (QED) is 0.272. The largest absolute Gasteiger partial charge is 1.00 e. The summed E-state index contributed by atoms with van der Waals surface area (Å²) in [6.07, 6.45) is 12.6. The van der Waals surface area contributed by atoms with Crippen LogP contribution in [0.25, 0.3) is 0 Å². The number of hydrogen-bond acceptors (Lipinski definition) is 5. The normalized spacial score (nSPS) is 45.7. The van der Waals surface area contributed by atoms with E-state index in [1.165, 1.54) is 44.9 Å². The Kier molecular flexibility index (Phi) is 8.92. The maximum Gasteiger partial charge on any atom is 1.00 e. The molecule has 0 aromatic rings. The Labute approximate surface area is 232 Å². The van der Waals surface area contributed by atoms with Gasteiger partial charge in [0.25, 0.3) is 0 Å². The summed E-state index contributed by atoms with van der Waals surface area (Å²) in [6.45, 7) is 7.41. The molecule has 4 aliphatic carbocycles. The molecule has 0 spiro atoms. The summed E-state index contributed by atoms with van der Waals surface area (Å²) in [6, 6.07) is 0. The van der Waals surface area contributed by atoms with E-state index in [4.69, 9.17) is 0 Å². The fraction of sp³-hybridized carbons (Fsp3) is 1.00. The molecule has 0 unspecified atom stereocenters. The molecule has 174 valence electrons. The molecule has 0 bridgehead atoms. The molecule has 0 aliphatic heterocycles. The van der Waals surface area contributed by atoms with E-state index in [1.807, 2.05) is 0 Å². The van der Waals surface area contributed by atoms with Crippen LogP contribution in [0.5, 0.6) is 0 Å². The maximum atomic E-state index is 10.7. The maximum absolute atomic E-state index is 10.7. The summed E-state index contributed by atoms with van der Waals surface area (Å²) in [5.74, 6) is 4.40. The number of aliphatic hydroxyl groups is 1. The number of aliphatic hydroxyl groups excluding tert-OH is 1. The first kappa shape index (κ1) is 27.1. The SMILES string of the molecule is C[C@H](CCCOS(=O)(=O)[O-])[C@H]1CC[C@H]2[C@@H]3CC[C@@H]4C[C@H](O)CC[C@]4(C)[C@H]3CC[C@]12C.[K+]. The summed E-state index contributed by atoms with van der Waals surface area (Å²) < 4.78 is 36.4. The zero-order valence-electron chi connectivity index (χ0n) is 20.0. The summed E-state index contributed by atoms with van der Waals surface area (Å²) >= 11 is 0. The summed E-state index contributed by atoms with van der Waals surface area (Å²) in [5, 5.41) is 10.2. The Hall–Kier alpha value is 1.47. The third kappa shape index (κ3) is 5.35. The van der Waals surface area contributed by atoms with Crippen molar-refractivity contribution in [3.05, 3.63) is 0 Å². The summed E-state index contributed by atoms with van der Waals surface area (Å²) in [5.41, 5.74) is 0.817. The number of hydrogen-bond donors (Lipinski definition) is 1. The zero-order chi connectivity index (χ0) is 21.7. The van der Waals surface area contributed by atoms with E-state index in [-0.39, 0.29) is 64.1 Å². The first-order valence-corrected chi connectivity index (χ1v) is 13.7. The van der Waals surface area contributed by atoms with Crippen molar-refractivity contribution in [2.45, 2.75) is 97.5 Å². The molecule has 0 aromatic heterocycles. The van der Waals surface area contributed by atoms with Gasteiger partial charge in [-0.15, -0.1) is 0 Å². The van der Waals surface area contributed by atoms with Gasteiger partial charge in [-0.25, -0.2) is 8.42 Å². The number of fused-ring (bicyclic) bond motifs is 5. The zero-order valence-corrected chi connectivity index (χ0v) is 24.0. The molecule has 31 heavy (non-hydrogen) atoms. The monoisotopic (exact) mass is 480 g/mol. The van der Waals surface area contributed by atoms with Crippen LogP contribution in [0.15, 0.2) is 0 Å². The predicted molar refractivity (Wildman–Crippen MR) is 115 cm³/mol. The van der Waals surface area contributed by atoms with E-state index in [1.54, 1.807) is 0 Å². The molecule has 0 aromatic carbocycles. The van der Waals surface area contributed by atoms with Gasteiger partial charge in [-0.3, -0.25) is 4.18 Å². The molecule has 4 aliphatic rings. The minimum atomic E-state index is -4.57. The fourth-order valence-corrected chi connectivity index (χ4v) is 9.30. The molecule has 4 fully saturated rings. The topological polar surface area (TPSA) is 86.7 Å².